The Morgan fingerprint density at radius 2 is 1.31 bits per heavy atom. The van der Waals surface area contributed by atoms with Crippen LogP contribution < -0.4 is 0 Å². The molecule has 1 aromatic carbocycles. The van der Waals surface area contributed by atoms with Gasteiger partial charge < -0.3 is 0 Å². The first-order chi connectivity index (χ1) is 12.7. The molecule has 0 heterocycles. The molecule has 0 saturated heterocycles. The van der Waals surface area contributed by atoms with Crippen molar-refractivity contribution >= 4 is 11.6 Å². The van der Waals surface area contributed by atoms with Crippen LogP contribution in [0.3, 0.4) is 0 Å². The fraction of sp³-hybridized carbons (Fsp3) is 0.760. The van der Waals surface area contributed by atoms with Crippen LogP contribution in [-0.2, 0) is 0 Å². The summed E-state index contributed by atoms with van der Waals surface area (Å²) in [5, 5.41) is 0.868. The largest absolute Gasteiger partial charge is 0.0843 e. The van der Waals surface area contributed by atoms with E-state index in [9.17, 15) is 0 Å². The smallest absolute Gasteiger partial charge is 0.0406 e. The van der Waals surface area contributed by atoms with E-state index < -0.39 is 0 Å². The molecule has 3 aliphatic rings. The van der Waals surface area contributed by atoms with Crippen LogP contribution in [0.25, 0.3) is 0 Å². The average molecular weight is 373 g/mol. The van der Waals surface area contributed by atoms with E-state index in [2.05, 4.69) is 31.2 Å². The van der Waals surface area contributed by atoms with Gasteiger partial charge in [0.15, 0.2) is 0 Å². The summed E-state index contributed by atoms with van der Waals surface area (Å²) in [6.07, 6.45) is 17.9. The van der Waals surface area contributed by atoms with Gasteiger partial charge in [0.25, 0.3) is 0 Å². The molecule has 1 aromatic rings. The van der Waals surface area contributed by atoms with E-state index in [0.29, 0.717) is 0 Å². The van der Waals surface area contributed by atoms with Crippen LogP contribution in [0.5, 0.6) is 0 Å². The lowest BCUT2D eigenvalue weighted by atomic mass is 9.60. The summed E-state index contributed by atoms with van der Waals surface area (Å²) in [6.45, 7) is 2.36. The van der Waals surface area contributed by atoms with Crippen molar-refractivity contribution in [2.24, 2.45) is 29.6 Å². The number of hydrogen-bond acceptors (Lipinski definition) is 0. The topological polar surface area (TPSA) is 0 Å². The second kappa shape index (κ2) is 8.68. The van der Waals surface area contributed by atoms with Crippen LogP contribution in [0.15, 0.2) is 24.3 Å². The maximum Gasteiger partial charge on any atom is 0.0406 e. The lowest BCUT2D eigenvalue weighted by Gasteiger charge is -2.45. The van der Waals surface area contributed by atoms with E-state index in [1.807, 2.05) is 0 Å². The molecule has 0 N–H and O–H groups in total. The van der Waals surface area contributed by atoms with Crippen LogP contribution >= 0.6 is 11.6 Å². The Bertz CT molecular complexity index is 554. The molecule has 4 unspecified atom stereocenters. The highest BCUT2D eigenvalue weighted by Crippen LogP contribution is 2.50. The van der Waals surface area contributed by atoms with Gasteiger partial charge in [-0.1, -0.05) is 49.9 Å². The molecule has 0 amide bonds. The number of hydrogen-bond donors (Lipinski definition) is 0. The molecule has 0 spiro atoms. The van der Waals surface area contributed by atoms with Gasteiger partial charge in [0.1, 0.15) is 0 Å². The molecular weight excluding hydrogens is 336 g/mol. The Balaban J connectivity index is 1.27. The molecule has 3 fully saturated rings. The first kappa shape index (κ1) is 18.9. The highest BCUT2D eigenvalue weighted by Gasteiger charge is 2.38. The predicted molar refractivity (Wildman–Crippen MR) is 113 cm³/mol. The molecule has 0 aliphatic heterocycles. The van der Waals surface area contributed by atoms with Gasteiger partial charge in [0.2, 0.25) is 0 Å². The normalized spacial score (nSPS) is 37.9. The molecular formula is C25H37Cl. The number of fused-ring (bicyclic) bond motifs is 1. The van der Waals surface area contributed by atoms with Crippen molar-refractivity contribution in [2.75, 3.05) is 0 Å². The summed E-state index contributed by atoms with van der Waals surface area (Å²) in [7, 11) is 0. The van der Waals surface area contributed by atoms with Crippen LogP contribution in [0.1, 0.15) is 95.5 Å². The molecule has 144 valence electrons. The molecule has 4 atom stereocenters. The van der Waals surface area contributed by atoms with Gasteiger partial charge in [-0.3, -0.25) is 0 Å². The zero-order chi connectivity index (χ0) is 17.9. The molecule has 4 rings (SSSR count). The Morgan fingerprint density at radius 1 is 0.731 bits per heavy atom. The quantitative estimate of drug-likeness (QED) is 0.499. The second-order valence-corrected chi connectivity index (χ2v) is 10.2. The summed E-state index contributed by atoms with van der Waals surface area (Å²) < 4.78 is 0. The molecule has 3 saturated carbocycles. The third-order valence-corrected chi connectivity index (χ3v) is 8.49. The summed E-state index contributed by atoms with van der Waals surface area (Å²) in [5.41, 5.74) is 1.52. The predicted octanol–water partition coefficient (Wildman–Crippen LogP) is 8.25. The lowest BCUT2D eigenvalue weighted by Crippen LogP contribution is -2.34. The highest BCUT2D eigenvalue weighted by atomic mass is 35.5. The van der Waals surface area contributed by atoms with Gasteiger partial charge in [0, 0.05) is 5.02 Å². The molecule has 0 bridgehead atoms. The monoisotopic (exact) mass is 372 g/mol. The first-order valence-electron chi connectivity index (χ1n) is 11.5. The Morgan fingerprint density at radius 3 is 2.00 bits per heavy atom. The third kappa shape index (κ3) is 4.32. The average Bonchev–Trinajstić information content (AvgIpc) is 2.69. The minimum atomic E-state index is 0.782. The van der Waals surface area contributed by atoms with Gasteiger partial charge in [-0.25, -0.2) is 0 Å². The minimum absolute atomic E-state index is 0.782. The highest BCUT2D eigenvalue weighted by molar-refractivity contribution is 6.30. The van der Waals surface area contributed by atoms with Crippen LogP contribution in [0.2, 0.25) is 5.02 Å². The fourth-order valence-corrected chi connectivity index (χ4v) is 6.91. The SMILES string of the molecule is CCCC1CCC2CC(C3CCC(c4ccc(Cl)cc4)CC3)CCC2C1. The van der Waals surface area contributed by atoms with Crippen molar-refractivity contribution in [2.45, 2.75) is 89.9 Å². The zero-order valence-electron chi connectivity index (χ0n) is 16.6. The van der Waals surface area contributed by atoms with Crippen molar-refractivity contribution in [3.05, 3.63) is 34.9 Å². The lowest BCUT2D eigenvalue weighted by molar-refractivity contribution is 0.0618. The molecule has 0 nitrogen and oxygen atoms in total. The van der Waals surface area contributed by atoms with Crippen molar-refractivity contribution in [3.8, 4) is 0 Å². The standard InChI is InChI=1S/C25H37Cl/c1-2-3-18-4-5-24-17-23(11-10-22(24)16-18)21-8-6-19(7-9-21)20-12-14-25(26)15-13-20/h12-15,18-19,21-24H,2-11,16-17H2,1H3. The van der Waals surface area contributed by atoms with Crippen molar-refractivity contribution in [1.82, 2.24) is 0 Å². The molecule has 0 radical (unpaired) electrons. The van der Waals surface area contributed by atoms with E-state index in [1.54, 1.807) is 25.7 Å². The number of rotatable bonds is 4. The third-order valence-electron chi connectivity index (χ3n) is 8.24. The summed E-state index contributed by atoms with van der Waals surface area (Å²) >= 11 is 6.06. The van der Waals surface area contributed by atoms with Crippen molar-refractivity contribution < 1.29 is 0 Å². The minimum Gasteiger partial charge on any atom is -0.0843 e. The Hall–Kier alpha value is -0.490. The van der Waals surface area contributed by atoms with Crippen LogP contribution in [0.4, 0.5) is 0 Å². The molecule has 1 heteroatoms. The zero-order valence-corrected chi connectivity index (χ0v) is 17.4. The Labute approximate surface area is 166 Å². The molecule has 0 aromatic heterocycles. The van der Waals surface area contributed by atoms with Gasteiger partial charge in [-0.15, -0.1) is 0 Å². The van der Waals surface area contributed by atoms with Crippen molar-refractivity contribution in [3.63, 3.8) is 0 Å². The van der Waals surface area contributed by atoms with Crippen molar-refractivity contribution in [1.29, 1.82) is 0 Å². The summed E-state index contributed by atoms with van der Waals surface area (Å²) in [6, 6.07) is 8.65. The van der Waals surface area contributed by atoms with E-state index >= 15 is 0 Å². The van der Waals surface area contributed by atoms with E-state index in [1.165, 1.54) is 56.9 Å². The van der Waals surface area contributed by atoms with Gasteiger partial charge >= 0.3 is 0 Å². The Kier molecular flexibility index (Phi) is 6.29. The van der Waals surface area contributed by atoms with Crippen LogP contribution in [-0.4, -0.2) is 0 Å². The van der Waals surface area contributed by atoms with E-state index in [-0.39, 0.29) is 0 Å². The number of halogens is 1. The molecule has 3 aliphatic carbocycles. The van der Waals surface area contributed by atoms with Gasteiger partial charge in [-0.05, 0) is 111 Å². The van der Waals surface area contributed by atoms with Crippen LogP contribution in [0, 0.1) is 29.6 Å². The van der Waals surface area contributed by atoms with E-state index in [0.717, 1.165) is 40.5 Å². The van der Waals surface area contributed by atoms with Gasteiger partial charge in [-0.2, -0.15) is 0 Å². The maximum atomic E-state index is 6.06. The van der Waals surface area contributed by atoms with Gasteiger partial charge in [0.05, 0.1) is 0 Å². The summed E-state index contributed by atoms with van der Waals surface area (Å²) in [4.78, 5) is 0. The molecule has 26 heavy (non-hydrogen) atoms. The van der Waals surface area contributed by atoms with E-state index in [4.69, 9.17) is 11.6 Å². The number of benzene rings is 1. The summed E-state index contributed by atoms with van der Waals surface area (Å²) in [5.74, 6) is 6.08. The first-order valence-corrected chi connectivity index (χ1v) is 11.9. The maximum absolute atomic E-state index is 6.06. The fourth-order valence-electron chi connectivity index (χ4n) is 6.78. The second-order valence-electron chi connectivity index (χ2n) is 9.72.